The van der Waals surface area contributed by atoms with E-state index in [1.807, 2.05) is 13.0 Å². The average molecular weight is 262 g/mol. The van der Waals surface area contributed by atoms with E-state index in [2.05, 4.69) is 19.9 Å². The van der Waals surface area contributed by atoms with Crippen LogP contribution in [-0.2, 0) is 0 Å². The van der Waals surface area contributed by atoms with Crippen LogP contribution < -0.4 is 17.0 Å². The van der Waals surface area contributed by atoms with Gasteiger partial charge in [0.25, 0.3) is 5.56 Å². The molecule has 3 heterocycles. The molecule has 3 aromatic heterocycles. The zero-order chi connectivity index (χ0) is 12.9. The van der Waals surface area contributed by atoms with Crippen LogP contribution in [0, 0.1) is 6.92 Å². The fraction of sp³-hybridized carbons (Fsp3) is 0.100. The maximum Gasteiger partial charge on any atom is 0.278 e. The summed E-state index contributed by atoms with van der Waals surface area (Å²) < 4.78 is 0. The number of imidazole rings is 1. The highest BCUT2D eigenvalue weighted by atomic mass is 32.1. The number of nitrogens with two attached hydrogens (primary N) is 2. The van der Waals surface area contributed by atoms with Gasteiger partial charge in [0.1, 0.15) is 0 Å². The molecule has 6 N–H and O–H groups in total. The maximum atomic E-state index is 11.7. The van der Waals surface area contributed by atoms with Crippen molar-refractivity contribution in [1.82, 2.24) is 19.9 Å². The van der Waals surface area contributed by atoms with Crippen molar-refractivity contribution in [2.45, 2.75) is 6.92 Å². The average Bonchev–Trinajstić information content (AvgIpc) is 2.81. The number of aryl methyl sites for hydroxylation is 1. The van der Waals surface area contributed by atoms with Crippen LogP contribution in [0.4, 0.5) is 10.9 Å². The van der Waals surface area contributed by atoms with E-state index in [0.717, 1.165) is 10.4 Å². The van der Waals surface area contributed by atoms with Gasteiger partial charge < -0.3 is 16.5 Å². The Morgan fingerprint density at radius 3 is 2.72 bits per heavy atom. The summed E-state index contributed by atoms with van der Waals surface area (Å²) in [6.07, 6.45) is 0. The van der Waals surface area contributed by atoms with Gasteiger partial charge in [-0.1, -0.05) is 0 Å². The summed E-state index contributed by atoms with van der Waals surface area (Å²) in [7, 11) is 0. The minimum Gasteiger partial charge on any atom is -0.391 e. The number of fused-ring (bicyclic) bond motifs is 1. The van der Waals surface area contributed by atoms with Crippen LogP contribution in [0.1, 0.15) is 5.56 Å². The summed E-state index contributed by atoms with van der Waals surface area (Å²) in [5.41, 5.74) is 12.5. The summed E-state index contributed by atoms with van der Waals surface area (Å²) in [5.74, 6) is 0.626. The summed E-state index contributed by atoms with van der Waals surface area (Å²) in [6.45, 7) is 1.93. The minimum atomic E-state index is -0.335. The number of aromatic amines is 2. The van der Waals surface area contributed by atoms with E-state index >= 15 is 0 Å². The van der Waals surface area contributed by atoms with Gasteiger partial charge in [-0.2, -0.15) is 4.98 Å². The Bertz CT molecular complexity index is 798. The molecule has 3 aromatic rings. The van der Waals surface area contributed by atoms with Crippen molar-refractivity contribution in [2.75, 3.05) is 11.5 Å². The van der Waals surface area contributed by atoms with Crippen molar-refractivity contribution in [3.63, 3.8) is 0 Å². The summed E-state index contributed by atoms with van der Waals surface area (Å²) in [5, 5.41) is 0.698. The van der Waals surface area contributed by atoms with Crippen LogP contribution in [0.15, 0.2) is 10.9 Å². The highest BCUT2D eigenvalue weighted by Crippen LogP contribution is 2.32. The highest BCUT2D eigenvalue weighted by molar-refractivity contribution is 7.19. The largest absolute Gasteiger partial charge is 0.391 e. The molecule has 0 radical (unpaired) electrons. The van der Waals surface area contributed by atoms with Crippen molar-refractivity contribution < 1.29 is 0 Å². The van der Waals surface area contributed by atoms with Crippen LogP contribution in [-0.4, -0.2) is 19.9 Å². The second-order valence-corrected chi connectivity index (χ2v) is 4.98. The Kier molecular flexibility index (Phi) is 2.14. The van der Waals surface area contributed by atoms with Gasteiger partial charge in [-0.15, -0.1) is 11.3 Å². The molecule has 0 aliphatic heterocycles. The molecule has 0 amide bonds. The monoisotopic (exact) mass is 262 g/mol. The molecular formula is C10H10N6OS. The molecule has 0 aromatic carbocycles. The second-order valence-electron chi connectivity index (χ2n) is 3.90. The molecule has 0 fully saturated rings. The third kappa shape index (κ3) is 1.54. The fourth-order valence-electron chi connectivity index (χ4n) is 1.77. The Balaban J connectivity index is 2.29. The molecule has 92 valence electrons. The molecule has 0 aliphatic rings. The Morgan fingerprint density at radius 1 is 1.28 bits per heavy atom. The van der Waals surface area contributed by atoms with Gasteiger partial charge in [0.2, 0.25) is 5.95 Å². The fourth-order valence-corrected chi connectivity index (χ4v) is 2.66. The number of nitrogens with zero attached hydrogens (tertiary/aromatic N) is 2. The van der Waals surface area contributed by atoms with Gasteiger partial charge >= 0.3 is 0 Å². The van der Waals surface area contributed by atoms with E-state index in [9.17, 15) is 4.79 Å². The Hall–Kier alpha value is -2.35. The maximum absolute atomic E-state index is 11.7. The standard InChI is InChI=1S/C10H10N6OS/c1-3-2-4(11)18-6(3)8-13-5-7(14-8)15-10(12)16-9(5)17/h2H,11H2,1H3,(H4,12,13,14,15,16,17). The predicted molar refractivity (Wildman–Crippen MR) is 71.4 cm³/mol. The van der Waals surface area contributed by atoms with E-state index in [4.69, 9.17) is 11.5 Å². The zero-order valence-corrected chi connectivity index (χ0v) is 10.3. The molecule has 0 aliphatic carbocycles. The molecule has 18 heavy (non-hydrogen) atoms. The number of hydrogen-bond acceptors (Lipinski definition) is 6. The first-order valence-corrected chi connectivity index (χ1v) is 5.98. The van der Waals surface area contributed by atoms with Gasteiger partial charge in [-0.3, -0.25) is 9.78 Å². The van der Waals surface area contributed by atoms with Crippen molar-refractivity contribution in [3.8, 4) is 10.7 Å². The first-order chi connectivity index (χ1) is 8.54. The smallest absolute Gasteiger partial charge is 0.278 e. The van der Waals surface area contributed by atoms with Crippen LogP contribution in [0.5, 0.6) is 0 Å². The van der Waals surface area contributed by atoms with Gasteiger partial charge in [0.05, 0.1) is 9.88 Å². The number of thiophene rings is 1. The summed E-state index contributed by atoms with van der Waals surface area (Å²) >= 11 is 1.41. The van der Waals surface area contributed by atoms with Crippen molar-refractivity contribution in [1.29, 1.82) is 0 Å². The SMILES string of the molecule is Cc1cc(N)sc1-c1nc2nc(N)[nH]c(=O)c2[nH]1. The minimum absolute atomic E-state index is 0.0490. The van der Waals surface area contributed by atoms with Crippen LogP contribution in [0.2, 0.25) is 0 Å². The summed E-state index contributed by atoms with van der Waals surface area (Å²) in [6, 6.07) is 1.86. The number of nitrogens with one attached hydrogen (secondary N) is 2. The lowest BCUT2D eigenvalue weighted by atomic mass is 10.3. The zero-order valence-electron chi connectivity index (χ0n) is 9.44. The molecule has 0 saturated heterocycles. The van der Waals surface area contributed by atoms with Gasteiger partial charge in [0.15, 0.2) is 17.0 Å². The molecular weight excluding hydrogens is 252 g/mol. The van der Waals surface area contributed by atoms with Gasteiger partial charge in [0, 0.05) is 0 Å². The quantitative estimate of drug-likeness (QED) is 0.517. The molecule has 0 saturated carbocycles. The normalized spacial score (nSPS) is 11.2. The van der Waals surface area contributed by atoms with Gasteiger partial charge in [-0.25, -0.2) is 4.98 Å². The van der Waals surface area contributed by atoms with E-state index in [-0.39, 0.29) is 11.5 Å². The van der Waals surface area contributed by atoms with Crippen LogP contribution in [0.3, 0.4) is 0 Å². The van der Waals surface area contributed by atoms with Crippen LogP contribution in [0.25, 0.3) is 21.9 Å². The van der Waals surface area contributed by atoms with E-state index in [0.29, 0.717) is 22.0 Å². The molecule has 7 nitrogen and oxygen atoms in total. The Morgan fingerprint density at radius 2 is 2.06 bits per heavy atom. The number of nitrogen functional groups attached to an aromatic ring is 2. The molecule has 0 spiro atoms. The molecule has 0 unspecified atom stereocenters. The van der Waals surface area contributed by atoms with E-state index < -0.39 is 0 Å². The topological polar surface area (TPSA) is 126 Å². The van der Waals surface area contributed by atoms with Crippen molar-refractivity contribution in [3.05, 3.63) is 22.0 Å². The predicted octanol–water partition coefficient (Wildman–Crippen LogP) is 0.848. The van der Waals surface area contributed by atoms with E-state index in [1.165, 1.54) is 11.3 Å². The number of aromatic nitrogens is 4. The van der Waals surface area contributed by atoms with Crippen molar-refractivity contribution in [2.24, 2.45) is 0 Å². The molecule has 0 atom stereocenters. The number of H-pyrrole nitrogens is 2. The molecule has 8 heteroatoms. The third-order valence-electron chi connectivity index (χ3n) is 2.53. The molecule has 0 bridgehead atoms. The van der Waals surface area contributed by atoms with Crippen LogP contribution >= 0.6 is 11.3 Å². The van der Waals surface area contributed by atoms with Crippen molar-refractivity contribution >= 4 is 33.5 Å². The number of anilines is 2. The second kappa shape index (κ2) is 3.57. The van der Waals surface area contributed by atoms with E-state index in [1.54, 1.807) is 0 Å². The molecule has 3 rings (SSSR count). The first-order valence-electron chi connectivity index (χ1n) is 5.16. The number of rotatable bonds is 1. The Labute approximate surface area is 105 Å². The summed E-state index contributed by atoms with van der Waals surface area (Å²) in [4.78, 5) is 26.2. The lowest BCUT2D eigenvalue weighted by Crippen LogP contribution is -2.10. The number of hydrogen-bond donors (Lipinski definition) is 4. The third-order valence-corrected chi connectivity index (χ3v) is 3.60. The lowest BCUT2D eigenvalue weighted by molar-refractivity contribution is 1.17. The highest BCUT2D eigenvalue weighted by Gasteiger charge is 2.13. The lowest BCUT2D eigenvalue weighted by Gasteiger charge is -1.91. The van der Waals surface area contributed by atoms with Gasteiger partial charge in [-0.05, 0) is 18.6 Å². The first kappa shape index (κ1) is 10.8.